The highest BCUT2D eigenvalue weighted by molar-refractivity contribution is 7.18. The van der Waals surface area contributed by atoms with Crippen molar-refractivity contribution in [3.8, 4) is 5.75 Å². The van der Waals surface area contributed by atoms with Crippen LogP contribution < -0.4 is 15.8 Å². The Labute approximate surface area is 199 Å². The van der Waals surface area contributed by atoms with E-state index in [4.69, 9.17) is 31.2 Å². The van der Waals surface area contributed by atoms with Gasteiger partial charge in [-0.05, 0) is 61.7 Å². The Morgan fingerprint density at radius 3 is 2.61 bits per heavy atom. The molecule has 10 heteroatoms. The van der Waals surface area contributed by atoms with Gasteiger partial charge in [-0.2, -0.15) is 0 Å². The molecule has 0 fully saturated rings. The molecule has 3 N–H and O–H groups in total. The molecule has 0 radical (unpaired) electrons. The number of anilines is 1. The number of benzene rings is 1. The van der Waals surface area contributed by atoms with Crippen molar-refractivity contribution >= 4 is 45.7 Å². The third-order valence-electron chi connectivity index (χ3n) is 4.63. The lowest BCUT2D eigenvalue weighted by atomic mass is 10.1. The van der Waals surface area contributed by atoms with Gasteiger partial charge >= 0.3 is 5.97 Å². The van der Waals surface area contributed by atoms with Crippen molar-refractivity contribution in [2.45, 2.75) is 33.8 Å². The normalized spacial score (nSPS) is 10.7. The summed E-state index contributed by atoms with van der Waals surface area (Å²) in [6.45, 7) is 5.62. The molecule has 33 heavy (non-hydrogen) atoms. The van der Waals surface area contributed by atoms with Crippen molar-refractivity contribution in [1.82, 2.24) is 0 Å². The second-order valence-corrected chi connectivity index (χ2v) is 8.61. The molecule has 174 valence electrons. The van der Waals surface area contributed by atoms with Crippen LogP contribution in [0.1, 0.15) is 60.8 Å². The zero-order valence-electron chi connectivity index (χ0n) is 18.3. The summed E-state index contributed by atoms with van der Waals surface area (Å²) in [6, 6.07) is 8.38. The molecular weight excluding hydrogens is 468 g/mol. The number of hydrogen-bond acceptors (Lipinski definition) is 7. The van der Waals surface area contributed by atoms with Crippen LogP contribution >= 0.6 is 22.9 Å². The van der Waals surface area contributed by atoms with Crippen LogP contribution in [0.3, 0.4) is 0 Å². The van der Waals surface area contributed by atoms with Crippen LogP contribution in [0.25, 0.3) is 0 Å². The van der Waals surface area contributed by atoms with Gasteiger partial charge in [-0.15, -0.1) is 11.3 Å². The second kappa shape index (κ2) is 10.5. The summed E-state index contributed by atoms with van der Waals surface area (Å²) in [5, 5.41) is 3.43. The van der Waals surface area contributed by atoms with Gasteiger partial charge in [0.2, 0.25) is 0 Å². The highest BCUT2D eigenvalue weighted by Crippen LogP contribution is 2.34. The van der Waals surface area contributed by atoms with Crippen LogP contribution in [0, 0.1) is 13.8 Å². The van der Waals surface area contributed by atoms with Gasteiger partial charge in [0.05, 0.1) is 17.0 Å². The largest absolute Gasteiger partial charge is 0.486 e. The highest BCUT2D eigenvalue weighted by atomic mass is 35.5. The van der Waals surface area contributed by atoms with Crippen LogP contribution in [0.15, 0.2) is 34.7 Å². The second-order valence-electron chi connectivity index (χ2n) is 7.18. The van der Waals surface area contributed by atoms with E-state index in [9.17, 15) is 14.4 Å². The van der Waals surface area contributed by atoms with Gasteiger partial charge in [-0.1, -0.05) is 18.5 Å². The van der Waals surface area contributed by atoms with E-state index < -0.39 is 17.8 Å². The van der Waals surface area contributed by atoms with E-state index >= 15 is 0 Å². The first-order valence-corrected chi connectivity index (χ1v) is 11.3. The predicted octanol–water partition coefficient (Wildman–Crippen LogP) is 5.11. The van der Waals surface area contributed by atoms with Crippen LogP contribution in [0.2, 0.25) is 5.02 Å². The van der Waals surface area contributed by atoms with Gasteiger partial charge in [0.1, 0.15) is 23.1 Å². The quantitative estimate of drug-likeness (QED) is 0.402. The van der Waals surface area contributed by atoms with Crippen LogP contribution in [0.4, 0.5) is 5.00 Å². The Morgan fingerprint density at radius 1 is 1.18 bits per heavy atom. The Hall–Kier alpha value is -3.30. The first-order valence-electron chi connectivity index (χ1n) is 10.1. The maximum absolute atomic E-state index is 12.7. The fraction of sp³-hybridized carbons (Fsp3) is 0.261. The number of ether oxygens (including phenoxy) is 2. The van der Waals surface area contributed by atoms with Gasteiger partial charge in [0.15, 0.2) is 5.76 Å². The number of carbonyl (C=O) groups excluding carboxylic acids is 3. The lowest BCUT2D eigenvalue weighted by Gasteiger charge is -2.07. The van der Waals surface area contributed by atoms with E-state index in [2.05, 4.69) is 5.32 Å². The zero-order valence-corrected chi connectivity index (χ0v) is 19.9. The Kier molecular flexibility index (Phi) is 7.78. The van der Waals surface area contributed by atoms with E-state index in [1.807, 2.05) is 13.8 Å². The minimum atomic E-state index is -0.697. The monoisotopic (exact) mass is 490 g/mol. The number of furan rings is 1. The summed E-state index contributed by atoms with van der Waals surface area (Å²) in [7, 11) is 0. The minimum Gasteiger partial charge on any atom is -0.486 e. The van der Waals surface area contributed by atoms with Crippen molar-refractivity contribution < 1.29 is 28.3 Å². The molecule has 0 saturated heterocycles. The lowest BCUT2D eigenvalue weighted by Crippen LogP contribution is -2.15. The summed E-state index contributed by atoms with van der Waals surface area (Å²) in [6.07, 6.45) is 0.631. The van der Waals surface area contributed by atoms with E-state index in [-0.39, 0.29) is 34.4 Å². The molecule has 0 spiro atoms. The number of amides is 2. The number of thiophene rings is 1. The minimum absolute atomic E-state index is 0.0143. The average Bonchev–Trinajstić information content (AvgIpc) is 3.37. The van der Waals surface area contributed by atoms with Gasteiger partial charge in [-0.3, -0.25) is 9.59 Å². The Bertz CT molecular complexity index is 1200. The zero-order chi connectivity index (χ0) is 24.1. The van der Waals surface area contributed by atoms with E-state index in [0.717, 1.165) is 16.9 Å². The van der Waals surface area contributed by atoms with Crippen molar-refractivity contribution in [3.63, 3.8) is 0 Å². The summed E-state index contributed by atoms with van der Waals surface area (Å²) in [5.74, 6) is -0.874. The summed E-state index contributed by atoms with van der Waals surface area (Å²) >= 11 is 6.93. The fourth-order valence-corrected chi connectivity index (χ4v) is 4.11. The number of aryl methyl sites for hydroxylation is 1. The van der Waals surface area contributed by atoms with Gasteiger partial charge in [-0.25, -0.2) is 4.79 Å². The number of hydrogen-bond donors (Lipinski definition) is 2. The number of nitrogens with two attached hydrogens (primary N) is 1. The topological polar surface area (TPSA) is 121 Å². The van der Waals surface area contributed by atoms with Gasteiger partial charge in [0, 0.05) is 5.02 Å². The van der Waals surface area contributed by atoms with Crippen molar-refractivity contribution in [1.29, 1.82) is 0 Å². The third kappa shape index (κ3) is 5.74. The highest BCUT2D eigenvalue weighted by Gasteiger charge is 2.26. The fourth-order valence-electron chi connectivity index (χ4n) is 2.95. The van der Waals surface area contributed by atoms with Gasteiger partial charge < -0.3 is 24.9 Å². The van der Waals surface area contributed by atoms with Crippen LogP contribution in [-0.4, -0.2) is 24.4 Å². The first kappa shape index (κ1) is 24.3. The molecule has 0 aliphatic heterocycles. The van der Waals surface area contributed by atoms with Crippen LogP contribution in [-0.2, 0) is 11.3 Å². The van der Waals surface area contributed by atoms with Gasteiger partial charge in [0.25, 0.3) is 11.8 Å². The van der Waals surface area contributed by atoms with Crippen molar-refractivity contribution in [2.24, 2.45) is 5.73 Å². The number of carbonyl (C=O) groups is 3. The molecule has 2 aromatic heterocycles. The molecule has 0 atom stereocenters. The summed E-state index contributed by atoms with van der Waals surface area (Å²) in [5.41, 5.74) is 6.74. The molecule has 0 aliphatic carbocycles. The smallest absolute Gasteiger partial charge is 0.341 e. The molecule has 2 amide bonds. The molecular formula is C23H23ClN2O6S. The molecule has 3 aromatic rings. The summed E-state index contributed by atoms with van der Waals surface area (Å²) in [4.78, 5) is 37.1. The first-order chi connectivity index (χ1) is 15.7. The Morgan fingerprint density at radius 2 is 1.94 bits per heavy atom. The predicted molar refractivity (Wildman–Crippen MR) is 125 cm³/mol. The standard InChI is InChI=1S/C23H23ClN2O6S/c1-4-9-30-23(29)18-13(3)19(20(25)27)33-22(18)26-21(28)17-8-6-15(32-17)11-31-14-5-7-16(24)12(2)10-14/h5-8,10H,4,9,11H2,1-3H3,(H2,25,27)(H,26,28). The molecule has 2 heterocycles. The molecule has 0 aliphatic rings. The maximum atomic E-state index is 12.7. The van der Waals surface area contributed by atoms with E-state index in [1.54, 1.807) is 31.2 Å². The average molecular weight is 491 g/mol. The molecule has 0 saturated carbocycles. The number of rotatable bonds is 9. The maximum Gasteiger partial charge on any atom is 0.341 e. The Balaban J connectivity index is 1.74. The molecule has 1 aromatic carbocycles. The number of esters is 1. The molecule has 8 nitrogen and oxygen atoms in total. The molecule has 0 unspecified atom stereocenters. The third-order valence-corrected chi connectivity index (χ3v) is 6.28. The van der Waals surface area contributed by atoms with E-state index in [0.29, 0.717) is 28.5 Å². The SMILES string of the molecule is CCCOC(=O)c1c(NC(=O)c2ccc(COc3ccc(Cl)c(C)c3)o2)sc(C(N)=O)c1C. The number of halogens is 1. The lowest BCUT2D eigenvalue weighted by molar-refractivity contribution is 0.0506. The van der Waals surface area contributed by atoms with Crippen molar-refractivity contribution in [3.05, 3.63) is 68.4 Å². The van der Waals surface area contributed by atoms with Crippen LogP contribution in [0.5, 0.6) is 5.75 Å². The molecule has 3 rings (SSSR count). The number of nitrogens with one attached hydrogen (secondary N) is 1. The number of primary amides is 1. The molecule has 0 bridgehead atoms. The van der Waals surface area contributed by atoms with E-state index in [1.165, 1.54) is 6.07 Å². The van der Waals surface area contributed by atoms with Crippen molar-refractivity contribution in [2.75, 3.05) is 11.9 Å². The summed E-state index contributed by atoms with van der Waals surface area (Å²) < 4.78 is 16.4.